The summed E-state index contributed by atoms with van der Waals surface area (Å²) >= 11 is 7.51. The Morgan fingerprint density at radius 1 is 1.53 bits per heavy atom. The van der Waals surface area contributed by atoms with Gasteiger partial charge in [-0.2, -0.15) is 4.98 Å². The zero-order chi connectivity index (χ0) is 11.8. The number of hydrogen-bond donors (Lipinski definition) is 1. The second-order valence-electron chi connectivity index (χ2n) is 4.24. The molecule has 1 atom stereocenters. The van der Waals surface area contributed by atoms with Crippen LogP contribution >= 0.6 is 22.9 Å². The van der Waals surface area contributed by atoms with E-state index in [0.717, 1.165) is 35.5 Å². The maximum absolute atomic E-state index is 9.18. The van der Waals surface area contributed by atoms with Crippen LogP contribution in [0.25, 0.3) is 10.2 Å². The summed E-state index contributed by atoms with van der Waals surface area (Å²) in [6.45, 7) is 2.00. The summed E-state index contributed by atoms with van der Waals surface area (Å²) in [5, 5.41) is 12.5. The molecule has 90 valence electrons. The molecule has 1 unspecified atom stereocenters. The van der Waals surface area contributed by atoms with Crippen LogP contribution in [0.2, 0.25) is 5.28 Å². The monoisotopic (exact) mass is 269 g/mol. The van der Waals surface area contributed by atoms with Crippen LogP contribution in [0.5, 0.6) is 0 Å². The van der Waals surface area contributed by atoms with Crippen LogP contribution in [0.15, 0.2) is 11.4 Å². The molecule has 0 aromatic carbocycles. The van der Waals surface area contributed by atoms with Crippen molar-refractivity contribution in [2.45, 2.75) is 6.42 Å². The fraction of sp³-hybridized carbons (Fsp3) is 0.455. The average molecular weight is 270 g/mol. The standard InChI is InChI=1S/C11H12ClN3OS/c12-11-13-9(8-2-4-17-10(8)14-11)15-3-1-7(5-15)6-16/h2,4,7,16H,1,3,5-6H2. The second kappa shape index (κ2) is 4.40. The molecule has 0 amide bonds. The van der Waals surface area contributed by atoms with Crippen molar-refractivity contribution in [3.63, 3.8) is 0 Å². The van der Waals surface area contributed by atoms with Gasteiger partial charge in [0.2, 0.25) is 5.28 Å². The van der Waals surface area contributed by atoms with Crippen LogP contribution in [-0.4, -0.2) is 34.8 Å². The maximum atomic E-state index is 9.18. The highest BCUT2D eigenvalue weighted by molar-refractivity contribution is 7.16. The summed E-state index contributed by atoms with van der Waals surface area (Å²) in [4.78, 5) is 11.6. The molecule has 6 heteroatoms. The number of aliphatic hydroxyl groups excluding tert-OH is 1. The summed E-state index contributed by atoms with van der Waals surface area (Å²) in [7, 11) is 0. The van der Waals surface area contributed by atoms with Crippen LogP contribution in [0, 0.1) is 5.92 Å². The third-order valence-electron chi connectivity index (χ3n) is 3.12. The molecule has 3 rings (SSSR count). The molecular formula is C11H12ClN3OS. The van der Waals surface area contributed by atoms with Crippen LogP contribution in [0.3, 0.4) is 0 Å². The predicted octanol–water partition coefficient (Wildman–Crippen LogP) is 2.16. The fourth-order valence-electron chi connectivity index (χ4n) is 2.23. The maximum Gasteiger partial charge on any atom is 0.225 e. The number of fused-ring (bicyclic) bond motifs is 1. The van der Waals surface area contributed by atoms with Gasteiger partial charge >= 0.3 is 0 Å². The largest absolute Gasteiger partial charge is 0.396 e. The van der Waals surface area contributed by atoms with E-state index in [2.05, 4.69) is 14.9 Å². The van der Waals surface area contributed by atoms with E-state index in [-0.39, 0.29) is 6.61 Å². The number of rotatable bonds is 2. The first-order valence-corrected chi connectivity index (χ1v) is 6.80. The van der Waals surface area contributed by atoms with E-state index >= 15 is 0 Å². The molecule has 4 nitrogen and oxygen atoms in total. The topological polar surface area (TPSA) is 49.2 Å². The summed E-state index contributed by atoms with van der Waals surface area (Å²) < 4.78 is 0. The van der Waals surface area contributed by atoms with Gasteiger partial charge < -0.3 is 10.0 Å². The Bertz CT molecular complexity index is 544. The van der Waals surface area contributed by atoms with Crippen molar-refractivity contribution in [1.29, 1.82) is 0 Å². The van der Waals surface area contributed by atoms with Crippen molar-refractivity contribution in [2.24, 2.45) is 5.92 Å². The average Bonchev–Trinajstić information content (AvgIpc) is 2.95. The minimum atomic E-state index is 0.238. The molecule has 2 aromatic rings. The van der Waals surface area contributed by atoms with Gasteiger partial charge in [-0.15, -0.1) is 11.3 Å². The molecule has 0 spiro atoms. The highest BCUT2D eigenvalue weighted by atomic mass is 35.5. The molecule has 0 aliphatic carbocycles. The molecular weight excluding hydrogens is 258 g/mol. The minimum Gasteiger partial charge on any atom is -0.396 e. The van der Waals surface area contributed by atoms with Crippen LogP contribution in [0.1, 0.15) is 6.42 Å². The van der Waals surface area contributed by atoms with Gasteiger partial charge in [0, 0.05) is 25.6 Å². The smallest absolute Gasteiger partial charge is 0.225 e. The third-order valence-corrected chi connectivity index (χ3v) is 4.10. The lowest BCUT2D eigenvalue weighted by molar-refractivity contribution is 0.238. The number of thiophene rings is 1. The first-order valence-electron chi connectivity index (χ1n) is 5.54. The molecule has 3 heterocycles. The number of aromatic nitrogens is 2. The molecule has 1 aliphatic rings. The van der Waals surface area contributed by atoms with Gasteiger partial charge in [-0.1, -0.05) is 0 Å². The lowest BCUT2D eigenvalue weighted by atomic mass is 10.1. The number of aliphatic hydroxyl groups is 1. The van der Waals surface area contributed by atoms with Gasteiger partial charge in [0.05, 0.1) is 5.39 Å². The molecule has 1 saturated heterocycles. The molecule has 1 aliphatic heterocycles. The van der Waals surface area contributed by atoms with E-state index in [0.29, 0.717) is 11.2 Å². The summed E-state index contributed by atoms with van der Waals surface area (Å²) in [5.74, 6) is 1.25. The van der Waals surface area contributed by atoms with E-state index in [4.69, 9.17) is 11.6 Å². The molecule has 2 aromatic heterocycles. The van der Waals surface area contributed by atoms with Gasteiger partial charge in [0.15, 0.2) is 0 Å². The van der Waals surface area contributed by atoms with Crippen LogP contribution < -0.4 is 4.90 Å². The Morgan fingerprint density at radius 2 is 2.41 bits per heavy atom. The number of nitrogens with zero attached hydrogens (tertiary/aromatic N) is 3. The Hall–Kier alpha value is -0.910. The molecule has 1 fully saturated rings. The number of halogens is 1. The van der Waals surface area contributed by atoms with E-state index < -0.39 is 0 Å². The highest BCUT2D eigenvalue weighted by Crippen LogP contribution is 2.31. The lowest BCUT2D eigenvalue weighted by Gasteiger charge is -2.18. The van der Waals surface area contributed by atoms with E-state index in [9.17, 15) is 5.11 Å². The zero-order valence-electron chi connectivity index (χ0n) is 9.14. The summed E-state index contributed by atoms with van der Waals surface area (Å²) in [5.41, 5.74) is 0. The summed E-state index contributed by atoms with van der Waals surface area (Å²) in [6.07, 6.45) is 1.00. The van der Waals surface area contributed by atoms with Gasteiger partial charge in [0.1, 0.15) is 10.6 Å². The Kier molecular flexibility index (Phi) is 2.90. The van der Waals surface area contributed by atoms with E-state index in [1.54, 1.807) is 11.3 Å². The van der Waals surface area contributed by atoms with E-state index in [1.165, 1.54) is 0 Å². The fourth-order valence-corrected chi connectivity index (χ4v) is 3.20. The van der Waals surface area contributed by atoms with Crippen molar-refractivity contribution in [3.8, 4) is 0 Å². The van der Waals surface area contributed by atoms with Gasteiger partial charge in [-0.3, -0.25) is 0 Å². The highest BCUT2D eigenvalue weighted by Gasteiger charge is 2.24. The summed E-state index contributed by atoms with van der Waals surface area (Å²) in [6, 6.07) is 2.03. The predicted molar refractivity (Wildman–Crippen MR) is 69.8 cm³/mol. The SMILES string of the molecule is OCC1CCN(c2nc(Cl)nc3sccc23)C1. The molecule has 0 saturated carbocycles. The Morgan fingerprint density at radius 3 is 3.18 bits per heavy atom. The first-order chi connectivity index (χ1) is 8.28. The third kappa shape index (κ3) is 1.99. The van der Waals surface area contributed by atoms with Gasteiger partial charge in [0.25, 0.3) is 0 Å². The Balaban J connectivity index is 2.02. The van der Waals surface area contributed by atoms with Crippen LogP contribution in [-0.2, 0) is 0 Å². The normalized spacial score (nSPS) is 20.4. The van der Waals surface area contributed by atoms with Crippen LogP contribution in [0.4, 0.5) is 5.82 Å². The van der Waals surface area contributed by atoms with Crippen molar-refractivity contribution in [3.05, 3.63) is 16.7 Å². The first kappa shape index (κ1) is 11.2. The molecule has 17 heavy (non-hydrogen) atoms. The minimum absolute atomic E-state index is 0.238. The van der Waals surface area contributed by atoms with Gasteiger partial charge in [-0.25, -0.2) is 4.98 Å². The Labute approximate surface area is 108 Å². The zero-order valence-corrected chi connectivity index (χ0v) is 10.7. The van der Waals surface area contributed by atoms with Gasteiger partial charge in [-0.05, 0) is 29.5 Å². The van der Waals surface area contributed by atoms with Crippen molar-refractivity contribution >= 4 is 39.0 Å². The number of anilines is 1. The van der Waals surface area contributed by atoms with Crippen molar-refractivity contribution in [2.75, 3.05) is 24.6 Å². The second-order valence-corrected chi connectivity index (χ2v) is 5.47. The molecule has 0 bridgehead atoms. The number of hydrogen-bond acceptors (Lipinski definition) is 5. The lowest BCUT2D eigenvalue weighted by Crippen LogP contribution is -2.22. The van der Waals surface area contributed by atoms with Crippen molar-refractivity contribution in [1.82, 2.24) is 9.97 Å². The molecule has 0 radical (unpaired) electrons. The van der Waals surface area contributed by atoms with E-state index in [1.807, 2.05) is 11.4 Å². The quantitative estimate of drug-likeness (QED) is 0.849. The van der Waals surface area contributed by atoms with Crippen molar-refractivity contribution < 1.29 is 5.11 Å². The molecule has 1 N–H and O–H groups in total.